The molecule has 0 aromatic carbocycles. The Labute approximate surface area is 250 Å². The van der Waals surface area contributed by atoms with Crippen LogP contribution < -0.4 is 10.6 Å². The van der Waals surface area contributed by atoms with Gasteiger partial charge in [-0.2, -0.15) is 12.0 Å². The van der Waals surface area contributed by atoms with Crippen molar-refractivity contribution in [3.05, 3.63) is 49.2 Å². The fraction of sp³-hybridized carbons (Fsp3) is 0.417. The zero-order valence-corrected chi connectivity index (χ0v) is 24.2. The summed E-state index contributed by atoms with van der Waals surface area (Å²) in [4.78, 5) is 73.6. The second kappa shape index (κ2) is 20.8. The number of imide groups is 1. The fourth-order valence-corrected chi connectivity index (χ4v) is 3.15. The van der Waals surface area contributed by atoms with E-state index < -0.39 is 35.9 Å². The van der Waals surface area contributed by atoms with E-state index >= 15 is 0 Å². The fourth-order valence-electron chi connectivity index (χ4n) is 3.15. The molecule has 0 unspecified atom stereocenters. The minimum Gasteiger partial charge on any atom is -0.677 e. The Hall–Kier alpha value is -4.04. The summed E-state index contributed by atoms with van der Waals surface area (Å²) in [5, 5.41) is 35.5. The number of nitrogens with zero attached hydrogens (tertiary/aromatic N) is 2. The number of allylic oxidation sites excluding steroid dienone is 1. The van der Waals surface area contributed by atoms with E-state index in [9.17, 15) is 24.0 Å². The standard InChI is InChI=1S/C8H10N2O3.C7H8N2O4.C7H13N.C2H2O4.Pt/c1-6-2-3-7(11)10(6)5-4-9-8(12)13;10-5-1-2-6(11)9(5)4-3-8-7(12)13;1-6-4-2-3-5-7(6)8;3-1(4)2(5)6;/h2-3,9H,1,4-5H2,(H,12,13);1-2,8H,3-4H2,(H,12,13);6-8H,1-5H2;(H,3,4)(H,5,6);/q;;-2;;+2/t;;6-,7-;;/m..1../s1. The summed E-state index contributed by atoms with van der Waals surface area (Å²) in [5.74, 6) is -4.19. The second-order valence-corrected chi connectivity index (χ2v) is 8.20. The van der Waals surface area contributed by atoms with E-state index in [-0.39, 0.29) is 52.6 Å². The quantitative estimate of drug-likeness (QED) is 0.126. The Morgan fingerprint density at radius 3 is 1.51 bits per heavy atom. The van der Waals surface area contributed by atoms with Crippen molar-refractivity contribution < 1.29 is 75.1 Å². The molecule has 17 heteroatoms. The third-order valence-electron chi connectivity index (χ3n) is 5.25. The van der Waals surface area contributed by atoms with E-state index in [1.165, 1.54) is 30.2 Å². The van der Waals surface area contributed by atoms with E-state index in [1.54, 1.807) is 6.08 Å². The first-order valence-electron chi connectivity index (χ1n) is 11.8. The average molecular weight is 763 g/mol. The van der Waals surface area contributed by atoms with E-state index in [2.05, 4.69) is 24.1 Å². The van der Waals surface area contributed by atoms with Crippen LogP contribution in [0.4, 0.5) is 9.59 Å². The second-order valence-electron chi connectivity index (χ2n) is 8.20. The number of carboxylic acid groups (broad SMARTS) is 4. The number of rotatable bonds is 6. The molecule has 2 heterocycles. The first-order valence-corrected chi connectivity index (χ1v) is 11.8. The van der Waals surface area contributed by atoms with Crippen LogP contribution in [-0.2, 0) is 45.0 Å². The van der Waals surface area contributed by atoms with Crippen molar-refractivity contribution in [2.75, 3.05) is 26.2 Å². The molecule has 5 amide bonds. The van der Waals surface area contributed by atoms with Crippen LogP contribution in [0, 0.1) is 12.8 Å². The number of carboxylic acids is 2. The Morgan fingerprint density at radius 1 is 0.805 bits per heavy atom. The van der Waals surface area contributed by atoms with Crippen LogP contribution in [0.25, 0.3) is 5.73 Å². The molecule has 1 aliphatic carbocycles. The largest absolute Gasteiger partial charge is 2.00 e. The van der Waals surface area contributed by atoms with Crippen LogP contribution in [0.5, 0.6) is 0 Å². The van der Waals surface area contributed by atoms with Gasteiger partial charge >= 0.3 is 45.2 Å². The molecule has 0 aromatic rings. The summed E-state index contributed by atoms with van der Waals surface area (Å²) < 4.78 is 0. The minimum atomic E-state index is -1.82. The first kappa shape index (κ1) is 39.1. The van der Waals surface area contributed by atoms with Crippen LogP contribution in [0.3, 0.4) is 0 Å². The number of carbonyl (C=O) groups is 7. The summed E-state index contributed by atoms with van der Waals surface area (Å²) in [6.45, 7) is 8.16. The van der Waals surface area contributed by atoms with Crippen molar-refractivity contribution in [2.45, 2.75) is 31.7 Å². The average Bonchev–Trinajstić information content (AvgIpc) is 3.37. The van der Waals surface area contributed by atoms with Crippen molar-refractivity contribution in [3.63, 3.8) is 0 Å². The molecule has 1 saturated carbocycles. The predicted octanol–water partition coefficient (Wildman–Crippen LogP) is 0.930. The predicted molar refractivity (Wildman–Crippen MR) is 139 cm³/mol. The van der Waals surface area contributed by atoms with Gasteiger partial charge in [-0.05, 0) is 6.08 Å². The van der Waals surface area contributed by atoms with Gasteiger partial charge in [0, 0.05) is 50.1 Å². The van der Waals surface area contributed by atoms with Gasteiger partial charge in [-0.1, -0.05) is 32.3 Å². The molecule has 0 radical (unpaired) electrons. The summed E-state index contributed by atoms with van der Waals surface area (Å²) in [5.41, 5.74) is 8.01. The van der Waals surface area contributed by atoms with Gasteiger partial charge in [-0.15, -0.1) is 0 Å². The van der Waals surface area contributed by atoms with Crippen LogP contribution in [0.2, 0.25) is 0 Å². The van der Waals surface area contributed by atoms with Crippen molar-refractivity contribution in [3.8, 4) is 0 Å². The summed E-state index contributed by atoms with van der Waals surface area (Å²) in [7, 11) is 0. The van der Waals surface area contributed by atoms with Crippen LogP contribution in [0.15, 0.2) is 36.6 Å². The molecule has 3 rings (SSSR count). The Balaban J connectivity index is 0. The Kier molecular flexibility index (Phi) is 19.8. The monoisotopic (exact) mass is 762 g/mol. The summed E-state index contributed by atoms with van der Waals surface area (Å²) in [6, 6.07) is 0.142. The molecule has 2 atom stereocenters. The smallest absolute Gasteiger partial charge is 0.677 e. The first-order chi connectivity index (χ1) is 18.7. The van der Waals surface area contributed by atoms with E-state index in [0.29, 0.717) is 18.2 Å². The molecule has 0 aromatic heterocycles. The van der Waals surface area contributed by atoms with Gasteiger partial charge < -0.3 is 48.6 Å². The number of hydrogen-bond acceptors (Lipinski definition) is 7. The maximum atomic E-state index is 11.1. The molecule has 3 aliphatic rings. The van der Waals surface area contributed by atoms with E-state index in [4.69, 9.17) is 35.7 Å². The Morgan fingerprint density at radius 2 is 1.20 bits per heavy atom. The summed E-state index contributed by atoms with van der Waals surface area (Å²) >= 11 is 0. The molecular weight excluding hydrogens is 729 g/mol. The number of amides is 5. The number of aliphatic carboxylic acids is 2. The van der Waals surface area contributed by atoms with Gasteiger partial charge in [0.25, 0.3) is 17.7 Å². The number of hydrogen-bond donors (Lipinski definition) is 6. The van der Waals surface area contributed by atoms with Gasteiger partial charge in [0.15, 0.2) is 0 Å². The van der Waals surface area contributed by atoms with Crippen LogP contribution in [0.1, 0.15) is 25.7 Å². The molecule has 41 heavy (non-hydrogen) atoms. The minimum absolute atomic E-state index is 0. The van der Waals surface area contributed by atoms with Gasteiger partial charge in [-0.3, -0.25) is 19.3 Å². The van der Waals surface area contributed by atoms with Crippen molar-refractivity contribution in [1.82, 2.24) is 20.4 Å². The summed E-state index contributed by atoms with van der Waals surface area (Å²) in [6.07, 6.45) is 7.85. The third-order valence-corrected chi connectivity index (χ3v) is 5.25. The van der Waals surface area contributed by atoms with E-state index in [0.717, 1.165) is 23.5 Å². The van der Waals surface area contributed by atoms with Crippen molar-refractivity contribution in [2.24, 2.45) is 5.92 Å². The maximum Gasteiger partial charge on any atom is 2.00 e. The zero-order chi connectivity index (χ0) is 30.8. The molecule has 230 valence electrons. The van der Waals surface area contributed by atoms with Crippen LogP contribution in [-0.4, -0.2) is 104 Å². The van der Waals surface area contributed by atoms with E-state index in [1.807, 2.05) is 0 Å². The molecule has 7 N–H and O–H groups in total. The van der Waals surface area contributed by atoms with Crippen molar-refractivity contribution in [1.29, 1.82) is 0 Å². The number of carbonyl (C=O) groups excluding carboxylic acids is 3. The molecule has 16 nitrogen and oxygen atoms in total. The van der Waals surface area contributed by atoms with Crippen LogP contribution >= 0.6 is 0 Å². The van der Waals surface area contributed by atoms with Crippen molar-refractivity contribution >= 4 is 41.8 Å². The number of nitrogens with one attached hydrogen (secondary N) is 3. The topological polar surface area (TPSA) is 255 Å². The normalized spacial score (nSPS) is 18.5. The third kappa shape index (κ3) is 17.3. The van der Waals surface area contributed by atoms with Gasteiger partial charge in [-0.25, -0.2) is 19.2 Å². The SMILES string of the molecule is C=C1C=CC(=O)N1CCNC(=O)O.O=C(O)C(=O)O.O=C(O)NCCN1C(=O)C=CC1=O.[CH2-][C@@H]1CCCC[C@H]1[NH-].[Pt+2]. The molecule has 0 bridgehead atoms. The van der Waals surface area contributed by atoms with Gasteiger partial charge in [0.2, 0.25) is 0 Å². The molecule has 0 spiro atoms. The molecular formula is C24H33N5O11Pt. The van der Waals surface area contributed by atoms with Gasteiger partial charge in [0.05, 0.1) is 0 Å². The molecule has 0 saturated heterocycles. The Bertz CT molecular complexity index is 915. The molecule has 2 aliphatic heterocycles. The zero-order valence-electron chi connectivity index (χ0n) is 21.9. The maximum absolute atomic E-state index is 11.1. The molecule has 1 fully saturated rings. The van der Waals surface area contributed by atoms with Gasteiger partial charge in [0.1, 0.15) is 0 Å².